The molecule has 0 aromatic rings. The predicted molar refractivity (Wildman–Crippen MR) is 35.1 cm³/mol. The van der Waals surface area contributed by atoms with E-state index in [-0.39, 0.29) is 5.92 Å². The topological polar surface area (TPSA) is 17.1 Å². The Morgan fingerprint density at radius 3 is 1.64 bits per heavy atom. The zero-order chi connectivity index (χ0) is 9.23. The molecule has 4 heteroatoms. The number of alkyl halides is 3. The zero-order valence-electron chi connectivity index (χ0n) is 6.70. The van der Waals surface area contributed by atoms with E-state index in [0.29, 0.717) is 0 Å². The minimum Gasteiger partial charge on any atom is -0.289 e. The molecule has 0 rings (SSSR count). The normalized spacial score (nSPS) is 15.2. The Hall–Kier alpha value is -0.540. The summed E-state index contributed by atoms with van der Waals surface area (Å²) < 4.78 is 35.1. The lowest BCUT2D eigenvalue weighted by Gasteiger charge is -2.15. The largest absolute Gasteiger partial charge is 0.450 e. The molecule has 0 aromatic heterocycles. The van der Waals surface area contributed by atoms with Crippen molar-refractivity contribution in [2.45, 2.75) is 26.9 Å². The first-order valence-corrected chi connectivity index (χ1v) is 3.38. The van der Waals surface area contributed by atoms with Gasteiger partial charge in [-0.05, 0) is 5.92 Å². The van der Waals surface area contributed by atoms with Crippen LogP contribution in [0.5, 0.6) is 0 Å². The molecule has 1 nitrogen and oxygen atoms in total. The van der Waals surface area contributed by atoms with Crippen LogP contribution in [0.4, 0.5) is 13.2 Å². The van der Waals surface area contributed by atoms with E-state index in [0.717, 1.165) is 0 Å². The molecule has 0 fully saturated rings. The Labute approximate surface area is 63.6 Å². The molecular formula is C7H11F3O. The molecule has 11 heavy (non-hydrogen) atoms. The van der Waals surface area contributed by atoms with E-state index >= 15 is 0 Å². The lowest BCUT2D eigenvalue weighted by Crippen LogP contribution is -2.31. The summed E-state index contributed by atoms with van der Waals surface area (Å²) in [6.45, 7) is 4.48. The number of hydrogen-bond acceptors (Lipinski definition) is 1. The summed E-state index contributed by atoms with van der Waals surface area (Å²) in [7, 11) is 0. The van der Waals surface area contributed by atoms with Gasteiger partial charge in [-0.1, -0.05) is 20.8 Å². The highest BCUT2D eigenvalue weighted by Crippen LogP contribution is 2.24. The van der Waals surface area contributed by atoms with Crippen molar-refractivity contribution in [3.63, 3.8) is 0 Å². The Morgan fingerprint density at radius 1 is 1.18 bits per heavy atom. The summed E-state index contributed by atoms with van der Waals surface area (Å²) in [6, 6.07) is 0. The number of carbonyl (C=O) groups is 1. The van der Waals surface area contributed by atoms with Crippen molar-refractivity contribution in [2.24, 2.45) is 11.8 Å². The van der Waals surface area contributed by atoms with E-state index < -0.39 is 17.9 Å². The molecule has 0 radical (unpaired) electrons. The van der Waals surface area contributed by atoms with Gasteiger partial charge in [0.15, 0.2) is 0 Å². The number of hydrogen-bond donors (Lipinski definition) is 0. The van der Waals surface area contributed by atoms with Gasteiger partial charge in [-0.15, -0.1) is 0 Å². The summed E-state index contributed by atoms with van der Waals surface area (Å²) >= 11 is 0. The third-order valence-corrected chi connectivity index (χ3v) is 1.69. The lowest BCUT2D eigenvalue weighted by molar-refractivity contribution is -0.176. The van der Waals surface area contributed by atoms with Gasteiger partial charge in [0.1, 0.15) is 0 Å². The minimum absolute atomic E-state index is 0.260. The number of Topliss-reactive ketones (excluding diaryl/α,β-unsaturated/α-hetero) is 1. The molecule has 0 heterocycles. The van der Waals surface area contributed by atoms with Crippen LogP contribution < -0.4 is 0 Å². The average molecular weight is 168 g/mol. The van der Waals surface area contributed by atoms with E-state index in [1.807, 2.05) is 0 Å². The van der Waals surface area contributed by atoms with Gasteiger partial charge in [0.25, 0.3) is 0 Å². The smallest absolute Gasteiger partial charge is 0.289 e. The Balaban J connectivity index is 4.26. The van der Waals surface area contributed by atoms with Gasteiger partial charge in [0, 0.05) is 5.92 Å². The van der Waals surface area contributed by atoms with Crippen LogP contribution in [-0.4, -0.2) is 12.0 Å². The summed E-state index contributed by atoms with van der Waals surface area (Å²) in [4.78, 5) is 10.5. The fourth-order valence-electron chi connectivity index (χ4n) is 0.561. The average Bonchev–Trinajstić information content (AvgIpc) is 1.82. The highest BCUT2D eigenvalue weighted by Gasteiger charge is 2.42. The van der Waals surface area contributed by atoms with Gasteiger partial charge in [-0.3, -0.25) is 4.79 Å². The fourth-order valence-corrected chi connectivity index (χ4v) is 0.561. The third-order valence-electron chi connectivity index (χ3n) is 1.69. The fraction of sp³-hybridized carbons (Fsp3) is 0.857. The number of rotatable bonds is 2. The van der Waals surface area contributed by atoms with Crippen molar-refractivity contribution in [3.8, 4) is 0 Å². The molecule has 1 unspecified atom stereocenters. The molecular weight excluding hydrogens is 157 g/mol. The maximum atomic E-state index is 11.7. The van der Waals surface area contributed by atoms with Crippen molar-refractivity contribution in [1.29, 1.82) is 0 Å². The number of halogens is 3. The molecule has 0 aromatic carbocycles. The first-order valence-electron chi connectivity index (χ1n) is 3.38. The molecule has 66 valence electrons. The van der Waals surface area contributed by atoms with Crippen LogP contribution in [0.25, 0.3) is 0 Å². The van der Waals surface area contributed by atoms with E-state index in [1.165, 1.54) is 6.92 Å². The standard InChI is InChI=1S/C7H11F3O/c1-4(2)5(3)6(11)7(8,9)10/h4-5H,1-3H3. The van der Waals surface area contributed by atoms with Gasteiger partial charge in [0.05, 0.1) is 0 Å². The second kappa shape index (κ2) is 3.24. The monoisotopic (exact) mass is 168 g/mol. The van der Waals surface area contributed by atoms with Crippen LogP contribution in [0, 0.1) is 11.8 Å². The van der Waals surface area contributed by atoms with Crippen molar-refractivity contribution in [1.82, 2.24) is 0 Å². The lowest BCUT2D eigenvalue weighted by atomic mass is 9.93. The Bertz CT molecular complexity index is 148. The van der Waals surface area contributed by atoms with Gasteiger partial charge in [0.2, 0.25) is 5.78 Å². The highest BCUT2D eigenvalue weighted by atomic mass is 19.4. The van der Waals surface area contributed by atoms with Gasteiger partial charge >= 0.3 is 6.18 Å². The van der Waals surface area contributed by atoms with Crippen LogP contribution in [0.1, 0.15) is 20.8 Å². The van der Waals surface area contributed by atoms with Crippen molar-refractivity contribution in [2.75, 3.05) is 0 Å². The number of ketones is 1. The van der Waals surface area contributed by atoms with E-state index in [2.05, 4.69) is 0 Å². The molecule has 0 spiro atoms. The van der Waals surface area contributed by atoms with E-state index in [4.69, 9.17) is 0 Å². The van der Waals surface area contributed by atoms with Crippen LogP contribution in [0.3, 0.4) is 0 Å². The summed E-state index contributed by atoms with van der Waals surface area (Å²) in [5.41, 5.74) is 0. The molecule has 0 aliphatic carbocycles. The molecule has 0 saturated carbocycles. The molecule has 0 aliphatic heterocycles. The van der Waals surface area contributed by atoms with E-state index in [1.54, 1.807) is 13.8 Å². The van der Waals surface area contributed by atoms with E-state index in [9.17, 15) is 18.0 Å². The SMILES string of the molecule is CC(C)C(C)C(=O)C(F)(F)F. The second-order valence-electron chi connectivity index (χ2n) is 2.89. The molecule has 1 atom stereocenters. The zero-order valence-corrected chi connectivity index (χ0v) is 6.70. The Morgan fingerprint density at radius 2 is 1.55 bits per heavy atom. The molecule has 0 aliphatic rings. The third kappa shape index (κ3) is 2.91. The molecule has 0 saturated heterocycles. The van der Waals surface area contributed by atoms with Gasteiger partial charge < -0.3 is 0 Å². The minimum atomic E-state index is -4.68. The predicted octanol–water partition coefficient (Wildman–Crippen LogP) is 2.41. The maximum absolute atomic E-state index is 11.7. The summed E-state index contributed by atoms with van der Waals surface area (Å²) in [5, 5.41) is 0. The van der Waals surface area contributed by atoms with Gasteiger partial charge in [-0.2, -0.15) is 13.2 Å². The number of carbonyl (C=O) groups excluding carboxylic acids is 1. The van der Waals surface area contributed by atoms with Crippen molar-refractivity contribution >= 4 is 5.78 Å². The quantitative estimate of drug-likeness (QED) is 0.618. The highest BCUT2D eigenvalue weighted by molar-refractivity contribution is 5.86. The summed E-state index contributed by atoms with van der Waals surface area (Å²) in [5.74, 6) is -2.83. The van der Waals surface area contributed by atoms with Gasteiger partial charge in [-0.25, -0.2) is 0 Å². The van der Waals surface area contributed by atoms with Crippen molar-refractivity contribution < 1.29 is 18.0 Å². The molecule has 0 N–H and O–H groups in total. The first kappa shape index (κ1) is 10.5. The van der Waals surface area contributed by atoms with Crippen LogP contribution in [0.2, 0.25) is 0 Å². The summed E-state index contributed by atoms with van der Waals surface area (Å²) in [6.07, 6.45) is -4.68. The second-order valence-corrected chi connectivity index (χ2v) is 2.89. The van der Waals surface area contributed by atoms with Crippen molar-refractivity contribution in [3.05, 3.63) is 0 Å². The first-order chi connectivity index (χ1) is 4.76. The van der Waals surface area contributed by atoms with Crippen LogP contribution >= 0.6 is 0 Å². The molecule has 0 bridgehead atoms. The Kier molecular flexibility index (Phi) is 3.08. The van der Waals surface area contributed by atoms with Crippen LogP contribution in [0.15, 0.2) is 0 Å². The molecule has 0 amide bonds. The van der Waals surface area contributed by atoms with Crippen LogP contribution in [-0.2, 0) is 4.79 Å². The maximum Gasteiger partial charge on any atom is 0.450 e.